The maximum atomic E-state index is 2.32. The monoisotopic (exact) mass is 180 g/mol. The summed E-state index contributed by atoms with van der Waals surface area (Å²) in [5, 5.41) is 0. The van der Waals surface area contributed by atoms with Crippen LogP contribution in [0.2, 0.25) is 0 Å². The molecule has 13 heavy (non-hydrogen) atoms. The Labute approximate surface area is 83.1 Å². The van der Waals surface area contributed by atoms with Crippen LogP contribution in [0.5, 0.6) is 0 Å². The first-order chi connectivity index (χ1) is 6.40. The molecule has 0 aromatic rings. The summed E-state index contributed by atoms with van der Waals surface area (Å²) in [5.41, 5.74) is 0. The lowest BCUT2D eigenvalue weighted by atomic mass is 9.82. The first kappa shape index (κ1) is 9.55. The molecule has 2 saturated carbocycles. The van der Waals surface area contributed by atoms with Crippen molar-refractivity contribution in [2.45, 2.75) is 64.7 Å². The Kier molecular flexibility index (Phi) is 3.29. The van der Waals surface area contributed by atoms with Crippen LogP contribution in [0, 0.1) is 17.8 Å². The minimum Gasteiger partial charge on any atom is -0.0654 e. The van der Waals surface area contributed by atoms with E-state index in [-0.39, 0.29) is 0 Å². The van der Waals surface area contributed by atoms with Crippen molar-refractivity contribution in [3.63, 3.8) is 0 Å². The van der Waals surface area contributed by atoms with Crippen molar-refractivity contribution in [1.29, 1.82) is 0 Å². The average molecular weight is 180 g/mol. The summed E-state index contributed by atoms with van der Waals surface area (Å²) in [5.74, 6) is 3.42. The van der Waals surface area contributed by atoms with E-state index in [1.807, 2.05) is 0 Å². The Balaban J connectivity index is 1.77. The minimum absolute atomic E-state index is 1.12. The molecule has 0 aromatic heterocycles. The standard InChI is InChI=1S/C13H24/c1-2-3-6-11-9-12-7-4-5-8-13(12)10-11/h11-13H,2-10H2,1H3. The summed E-state index contributed by atoms with van der Waals surface area (Å²) in [7, 11) is 0. The average Bonchev–Trinajstić information content (AvgIpc) is 2.57. The quantitative estimate of drug-likeness (QED) is 0.604. The summed E-state index contributed by atoms with van der Waals surface area (Å²) in [6.45, 7) is 2.32. The molecular weight excluding hydrogens is 156 g/mol. The van der Waals surface area contributed by atoms with Gasteiger partial charge in [0.05, 0.1) is 0 Å². The van der Waals surface area contributed by atoms with Crippen molar-refractivity contribution in [3.8, 4) is 0 Å². The van der Waals surface area contributed by atoms with Gasteiger partial charge >= 0.3 is 0 Å². The lowest BCUT2D eigenvalue weighted by Gasteiger charge is -2.24. The van der Waals surface area contributed by atoms with Crippen molar-refractivity contribution >= 4 is 0 Å². The molecule has 2 aliphatic carbocycles. The van der Waals surface area contributed by atoms with E-state index in [9.17, 15) is 0 Å². The highest BCUT2D eigenvalue weighted by atomic mass is 14.4. The highest BCUT2D eigenvalue weighted by Gasteiger charge is 2.34. The van der Waals surface area contributed by atoms with Crippen molar-refractivity contribution in [1.82, 2.24) is 0 Å². The molecule has 0 amide bonds. The van der Waals surface area contributed by atoms with Gasteiger partial charge in [-0.05, 0) is 30.6 Å². The molecule has 0 bridgehead atoms. The molecule has 0 nitrogen and oxygen atoms in total. The number of unbranched alkanes of at least 4 members (excludes halogenated alkanes) is 1. The number of fused-ring (bicyclic) bond motifs is 1. The third kappa shape index (κ3) is 2.27. The third-order valence-corrected chi connectivity index (χ3v) is 4.30. The smallest absolute Gasteiger partial charge is 0.0383 e. The summed E-state index contributed by atoms with van der Waals surface area (Å²) < 4.78 is 0. The molecule has 2 aliphatic rings. The van der Waals surface area contributed by atoms with E-state index in [4.69, 9.17) is 0 Å². The van der Waals surface area contributed by atoms with Crippen molar-refractivity contribution in [3.05, 3.63) is 0 Å². The molecule has 2 unspecified atom stereocenters. The number of hydrogen-bond acceptors (Lipinski definition) is 0. The van der Waals surface area contributed by atoms with E-state index in [1.54, 1.807) is 25.7 Å². The summed E-state index contributed by atoms with van der Waals surface area (Å²) in [6, 6.07) is 0. The Morgan fingerprint density at radius 3 is 2.15 bits per heavy atom. The fourth-order valence-electron chi connectivity index (χ4n) is 3.59. The predicted octanol–water partition coefficient (Wildman–Crippen LogP) is 4.39. The number of hydrogen-bond donors (Lipinski definition) is 0. The highest BCUT2D eigenvalue weighted by molar-refractivity contribution is 4.85. The second-order valence-corrected chi connectivity index (χ2v) is 5.28. The SMILES string of the molecule is CCCCC1CC2CCCCC2C1. The molecule has 2 atom stereocenters. The molecule has 0 spiro atoms. The lowest BCUT2D eigenvalue weighted by molar-refractivity contribution is 0.277. The Hall–Kier alpha value is 0. The molecule has 0 saturated heterocycles. The zero-order chi connectivity index (χ0) is 9.10. The summed E-state index contributed by atoms with van der Waals surface area (Å²) in [4.78, 5) is 0. The molecule has 0 aromatic carbocycles. The van der Waals surface area contributed by atoms with Gasteiger partial charge < -0.3 is 0 Å². The first-order valence-electron chi connectivity index (χ1n) is 6.40. The van der Waals surface area contributed by atoms with Gasteiger partial charge in [0, 0.05) is 0 Å². The topological polar surface area (TPSA) is 0 Å². The van der Waals surface area contributed by atoms with Crippen molar-refractivity contribution in [2.75, 3.05) is 0 Å². The lowest BCUT2D eigenvalue weighted by Crippen LogP contribution is -2.12. The Morgan fingerprint density at radius 1 is 1.00 bits per heavy atom. The van der Waals surface area contributed by atoms with Crippen LogP contribution in [-0.2, 0) is 0 Å². The fraction of sp³-hybridized carbons (Fsp3) is 1.00. The molecule has 0 radical (unpaired) electrons. The number of rotatable bonds is 3. The van der Waals surface area contributed by atoms with Gasteiger partial charge in [-0.1, -0.05) is 51.9 Å². The van der Waals surface area contributed by atoms with E-state index in [0.29, 0.717) is 0 Å². The second-order valence-electron chi connectivity index (χ2n) is 5.28. The fourth-order valence-corrected chi connectivity index (χ4v) is 3.59. The summed E-state index contributed by atoms with van der Waals surface area (Å²) >= 11 is 0. The molecule has 0 N–H and O–H groups in total. The molecule has 2 fully saturated rings. The van der Waals surface area contributed by atoms with Crippen LogP contribution in [-0.4, -0.2) is 0 Å². The Morgan fingerprint density at radius 2 is 1.62 bits per heavy atom. The predicted molar refractivity (Wildman–Crippen MR) is 57.7 cm³/mol. The van der Waals surface area contributed by atoms with E-state index in [0.717, 1.165) is 17.8 Å². The van der Waals surface area contributed by atoms with Crippen LogP contribution in [0.3, 0.4) is 0 Å². The highest BCUT2D eigenvalue weighted by Crippen LogP contribution is 2.46. The third-order valence-electron chi connectivity index (χ3n) is 4.30. The van der Waals surface area contributed by atoms with Gasteiger partial charge in [-0.3, -0.25) is 0 Å². The van der Waals surface area contributed by atoms with Crippen molar-refractivity contribution < 1.29 is 0 Å². The van der Waals surface area contributed by atoms with Gasteiger partial charge in [0.2, 0.25) is 0 Å². The van der Waals surface area contributed by atoms with Gasteiger partial charge in [-0.25, -0.2) is 0 Å². The van der Waals surface area contributed by atoms with Crippen LogP contribution in [0.25, 0.3) is 0 Å². The van der Waals surface area contributed by atoms with Crippen LogP contribution in [0.1, 0.15) is 64.7 Å². The Bertz CT molecular complexity index is 136. The second kappa shape index (κ2) is 4.48. The van der Waals surface area contributed by atoms with E-state index >= 15 is 0 Å². The normalized spacial score (nSPS) is 39.0. The first-order valence-corrected chi connectivity index (χ1v) is 6.40. The molecule has 2 rings (SSSR count). The van der Waals surface area contributed by atoms with Crippen LogP contribution >= 0.6 is 0 Å². The maximum absolute atomic E-state index is 2.32. The van der Waals surface area contributed by atoms with E-state index < -0.39 is 0 Å². The molecule has 0 heteroatoms. The molecule has 0 heterocycles. The molecule has 76 valence electrons. The molecular formula is C13H24. The van der Waals surface area contributed by atoms with E-state index in [1.165, 1.54) is 32.1 Å². The summed E-state index contributed by atoms with van der Waals surface area (Å²) in [6.07, 6.45) is 13.8. The van der Waals surface area contributed by atoms with Gasteiger partial charge in [-0.15, -0.1) is 0 Å². The van der Waals surface area contributed by atoms with E-state index in [2.05, 4.69) is 6.92 Å². The van der Waals surface area contributed by atoms with Gasteiger partial charge in [0.25, 0.3) is 0 Å². The van der Waals surface area contributed by atoms with Gasteiger partial charge in [0.15, 0.2) is 0 Å². The zero-order valence-electron chi connectivity index (χ0n) is 9.10. The van der Waals surface area contributed by atoms with Crippen LogP contribution < -0.4 is 0 Å². The maximum Gasteiger partial charge on any atom is -0.0383 e. The van der Waals surface area contributed by atoms with Crippen LogP contribution in [0.4, 0.5) is 0 Å². The van der Waals surface area contributed by atoms with Gasteiger partial charge in [0.1, 0.15) is 0 Å². The van der Waals surface area contributed by atoms with Crippen molar-refractivity contribution in [2.24, 2.45) is 17.8 Å². The zero-order valence-corrected chi connectivity index (χ0v) is 9.10. The minimum atomic E-state index is 1.12. The van der Waals surface area contributed by atoms with Gasteiger partial charge in [-0.2, -0.15) is 0 Å². The van der Waals surface area contributed by atoms with Crippen LogP contribution in [0.15, 0.2) is 0 Å². The molecule has 0 aliphatic heterocycles. The largest absolute Gasteiger partial charge is 0.0654 e.